The Balaban J connectivity index is 1.30. The quantitative estimate of drug-likeness (QED) is 0.360. The zero-order valence-electron chi connectivity index (χ0n) is 20.0. The molecule has 1 aliphatic rings. The molecule has 1 saturated heterocycles. The number of rotatable bonds is 7. The molecule has 11 heteroatoms. The van der Waals surface area contributed by atoms with E-state index in [1.807, 2.05) is 46.2 Å². The molecule has 0 aliphatic carbocycles. The van der Waals surface area contributed by atoms with E-state index in [9.17, 15) is 0 Å². The fourth-order valence-corrected chi connectivity index (χ4v) is 4.42. The van der Waals surface area contributed by atoms with Gasteiger partial charge in [0, 0.05) is 51.2 Å². The van der Waals surface area contributed by atoms with Gasteiger partial charge in [-0.3, -0.25) is 0 Å². The van der Waals surface area contributed by atoms with Crippen LogP contribution in [0.4, 0.5) is 11.8 Å². The number of hydrogen-bond acceptors (Lipinski definition) is 9. The van der Waals surface area contributed by atoms with Crippen LogP contribution < -0.4 is 15.5 Å². The van der Waals surface area contributed by atoms with Crippen LogP contribution in [0.3, 0.4) is 0 Å². The van der Waals surface area contributed by atoms with Gasteiger partial charge in [-0.15, -0.1) is 5.10 Å². The second kappa shape index (κ2) is 9.70. The van der Waals surface area contributed by atoms with Gasteiger partial charge in [-0.25, -0.2) is 19.3 Å². The van der Waals surface area contributed by atoms with Crippen molar-refractivity contribution in [1.82, 2.24) is 45.0 Å². The second-order valence-electron chi connectivity index (χ2n) is 8.72. The van der Waals surface area contributed by atoms with Crippen LogP contribution in [0, 0.1) is 0 Å². The molecule has 0 atom stereocenters. The van der Waals surface area contributed by atoms with Gasteiger partial charge in [-0.1, -0.05) is 35.5 Å². The third kappa shape index (κ3) is 4.48. The maximum atomic E-state index is 4.91. The van der Waals surface area contributed by atoms with Crippen molar-refractivity contribution in [3.05, 3.63) is 72.3 Å². The van der Waals surface area contributed by atoms with E-state index in [1.165, 1.54) is 5.56 Å². The summed E-state index contributed by atoms with van der Waals surface area (Å²) in [5.41, 5.74) is 4.42. The summed E-state index contributed by atoms with van der Waals surface area (Å²) in [6.45, 7) is 4.96. The maximum Gasteiger partial charge on any atom is 0.224 e. The highest BCUT2D eigenvalue weighted by molar-refractivity contribution is 5.91. The van der Waals surface area contributed by atoms with Crippen LogP contribution in [-0.2, 0) is 13.1 Å². The summed E-state index contributed by atoms with van der Waals surface area (Å²) in [6, 6.07) is 14.3. The molecule has 1 aromatic carbocycles. The standard InChI is InChI=1S/C25H27N11/c1-26-25-29-14-21-23(19-7-8-22(28-13-19)34-11-9-27-10-12-34)32-36(24(21)30-25)17-20-16-35(33-31-20)15-18-5-3-2-4-6-18/h2-8,13-14,16,27H,9-12,15,17H2,1H3,(H,26,29,30). The van der Waals surface area contributed by atoms with Crippen molar-refractivity contribution < 1.29 is 0 Å². The highest BCUT2D eigenvalue weighted by Crippen LogP contribution is 2.28. The molecule has 36 heavy (non-hydrogen) atoms. The molecule has 6 rings (SSSR count). The minimum atomic E-state index is 0.442. The fraction of sp³-hybridized carbons (Fsp3) is 0.280. The van der Waals surface area contributed by atoms with Crippen LogP contribution in [0.5, 0.6) is 0 Å². The number of fused-ring (bicyclic) bond motifs is 1. The summed E-state index contributed by atoms with van der Waals surface area (Å²) < 4.78 is 3.69. The van der Waals surface area contributed by atoms with Crippen molar-refractivity contribution in [2.24, 2.45) is 0 Å². The summed E-state index contributed by atoms with van der Waals surface area (Å²) in [5.74, 6) is 1.52. The van der Waals surface area contributed by atoms with E-state index in [2.05, 4.69) is 60.1 Å². The fourth-order valence-electron chi connectivity index (χ4n) is 4.42. The van der Waals surface area contributed by atoms with Crippen LogP contribution in [-0.4, -0.2) is 73.0 Å². The first-order valence-electron chi connectivity index (χ1n) is 12.0. The second-order valence-corrected chi connectivity index (χ2v) is 8.72. The molecule has 4 aromatic heterocycles. The number of benzene rings is 1. The van der Waals surface area contributed by atoms with Gasteiger partial charge in [-0.05, 0) is 17.7 Å². The van der Waals surface area contributed by atoms with Gasteiger partial charge in [0.1, 0.15) is 17.2 Å². The first-order chi connectivity index (χ1) is 17.8. The van der Waals surface area contributed by atoms with Gasteiger partial charge in [0.15, 0.2) is 5.65 Å². The average Bonchev–Trinajstić information content (AvgIpc) is 3.53. The van der Waals surface area contributed by atoms with Crippen molar-refractivity contribution in [2.75, 3.05) is 43.4 Å². The summed E-state index contributed by atoms with van der Waals surface area (Å²) in [5, 5.41) is 20.8. The summed E-state index contributed by atoms with van der Waals surface area (Å²) in [6.07, 6.45) is 5.64. The Labute approximate surface area is 208 Å². The molecule has 5 aromatic rings. The highest BCUT2D eigenvalue weighted by atomic mass is 15.4. The van der Waals surface area contributed by atoms with Crippen molar-refractivity contribution in [3.8, 4) is 11.3 Å². The number of piperazine rings is 1. The molecule has 11 nitrogen and oxygen atoms in total. The molecule has 1 fully saturated rings. The van der Waals surface area contributed by atoms with Crippen molar-refractivity contribution in [2.45, 2.75) is 13.1 Å². The normalized spacial score (nSPS) is 13.9. The molecule has 182 valence electrons. The van der Waals surface area contributed by atoms with Crippen LogP contribution in [0.15, 0.2) is 61.1 Å². The zero-order chi connectivity index (χ0) is 24.3. The Morgan fingerprint density at radius 1 is 0.972 bits per heavy atom. The number of nitrogens with zero attached hydrogens (tertiary/aromatic N) is 9. The number of pyridine rings is 1. The van der Waals surface area contributed by atoms with Crippen LogP contribution in [0.1, 0.15) is 11.3 Å². The smallest absolute Gasteiger partial charge is 0.224 e. The lowest BCUT2D eigenvalue weighted by atomic mass is 10.1. The lowest BCUT2D eigenvalue weighted by Crippen LogP contribution is -2.43. The molecule has 0 unspecified atom stereocenters. The molecular formula is C25H27N11. The number of nitrogens with one attached hydrogen (secondary N) is 2. The Morgan fingerprint density at radius 2 is 1.83 bits per heavy atom. The SMILES string of the molecule is CNc1ncc2c(-c3ccc(N4CCNCC4)nc3)nn(Cc3cn(Cc4ccccc4)nn3)c2n1. The Hall–Kier alpha value is -4.38. The summed E-state index contributed by atoms with van der Waals surface area (Å²) in [7, 11) is 1.80. The monoisotopic (exact) mass is 481 g/mol. The third-order valence-electron chi connectivity index (χ3n) is 6.26. The predicted octanol–water partition coefficient (Wildman–Crippen LogP) is 2.03. The lowest BCUT2D eigenvalue weighted by molar-refractivity contribution is 0.585. The predicted molar refractivity (Wildman–Crippen MR) is 138 cm³/mol. The van der Waals surface area contributed by atoms with Crippen LogP contribution in [0.25, 0.3) is 22.3 Å². The molecule has 1 aliphatic heterocycles. The van der Waals surface area contributed by atoms with Crippen LogP contribution >= 0.6 is 0 Å². The maximum absolute atomic E-state index is 4.91. The average molecular weight is 482 g/mol. The minimum Gasteiger partial charge on any atom is -0.357 e. The Bertz CT molecular complexity index is 1450. The first kappa shape index (κ1) is 22.1. The lowest BCUT2D eigenvalue weighted by Gasteiger charge is -2.28. The zero-order valence-corrected chi connectivity index (χ0v) is 20.0. The van der Waals surface area contributed by atoms with E-state index in [4.69, 9.17) is 10.1 Å². The molecule has 5 heterocycles. The molecule has 0 radical (unpaired) electrons. The van der Waals surface area contributed by atoms with Gasteiger partial charge < -0.3 is 15.5 Å². The number of anilines is 2. The molecule has 0 spiro atoms. The first-order valence-corrected chi connectivity index (χ1v) is 12.0. The van der Waals surface area contributed by atoms with E-state index >= 15 is 0 Å². The van der Waals surface area contributed by atoms with Crippen molar-refractivity contribution >= 4 is 22.8 Å². The Morgan fingerprint density at radius 3 is 2.61 bits per heavy atom. The van der Waals surface area contributed by atoms with E-state index in [0.717, 1.165) is 60.0 Å². The summed E-state index contributed by atoms with van der Waals surface area (Å²) >= 11 is 0. The molecular weight excluding hydrogens is 454 g/mol. The van der Waals surface area contributed by atoms with E-state index in [1.54, 1.807) is 7.05 Å². The third-order valence-corrected chi connectivity index (χ3v) is 6.26. The summed E-state index contributed by atoms with van der Waals surface area (Å²) in [4.78, 5) is 16.1. The van der Waals surface area contributed by atoms with Crippen LogP contribution in [0.2, 0.25) is 0 Å². The minimum absolute atomic E-state index is 0.442. The van der Waals surface area contributed by atoms with Gasteiger partial charge in [-0.2, -0.15) is 10.1 Å². The molecule has 0 amide bonds. The van der Waals surface area contributed by atoms with Gasteiger partial charge in [0.05, 0.1) is 24.7 Å². The van der Waals surface area contributed by atoms with E-state index < -0.39 is 0 Å². The van der Waals surface area contributed by atoms with Gasteiger partial charge in [0.25, 0.3) is 0 Å². The number of hydrogen-bond donors (Lipinski definition) is 2. The van der Waals surface area contributed by atoms with Gasteiger partial charge >= 0.3 is 0 Å². The van der Waals surface area contributed by atoms with E-state index in [-0.39, 0.29) is 0 Å². The van der Waals surface area contributed by atoms with Crippen molar-refractivity contribution in [1.29, 1.82) is 0 Å². The van der Waals surface area contributed by atoms with Crippen molar-refractivity contribution in [3.63, 3.8) is 0 Å². The van der Waals surface area contributed by atoms with Gasteiger partial charge in [0.2, 0.25) is 5.95 Å². The Kier molecular flexibility index (Phi) is 5.96. The number of aromatic nitrogens is 8. The topological polar surface area (TPSA) is 115 Å². The van der Waals surface area contributed by atoms with E-state index in [0.29, 0.717) is 19.0 Å². The largest absolute Gasteiger partial charge is 0.357 e. The molecule has 0 bridgehead atoms. The molecule has 0 saturated carbocycles. The highest BCUT2D eigenvalue weighted by Gasteiger charge is 2.18. The molecule has 2 N–H and O–H groups in total.